The van der Waals surface area contributed by atoms with E-state index < -0.39 is 0 Å². The largest absolute Gasteiger partial charge is 0.497 e. The van der Waals surface area contributed by atoms with Gasteiger partial charge >= 0.3 is 0 Å². The van der Waals surface area contributed by atoms with Gasteiger partial charge < -0.3 is 4.74 Å². The highest BCUT2D eigenvalue weighted by atomic mass is 79.9. The second kappa shape index (κ2) is 11.1. The Bertz CT molecular complexity index is 1300. The molecule has 0 saturated carbocycles. The van der Waals surface area contributed by atoms with Crippen molar-refractivity contribution < 1.29 is 9.53 Å². The van der Waals surface area contributed by atoms with Crippen molar-refractivity contribution in [2.45, 2.75) is 12.1 Å². The molecule has 7 nitrogen and oxygen atoms in total. The van der Waals surface area contributed by atoms with Gasteiger partial charge in [0.2, 0.25) is 0 Å². The van der Waals surface area contributed by atoms with Crippen LogP contribution in [0.3, 0.4) is 0 Å². The molecule has 1 N–H and O–H groups in total. The topological polar surface area (TPSA) is 81.4 Å². The van der Waals surface area contributed by atoms with Crippen LogP contribution in [-0.2, 0) is 4.79 Å². The number of methoxy groups -OCH3 is 1. The molecule has 0 aliphatic rings. The van der Waals surface area contributed by atoms with E-state index in [4.69, 9.17) is 4.74 Å². The van der Waals surface area contributed by atoms with E-state index in [1.807, 2.05) is 84.3 Å². The third-order valence-corrected chi connectivity index (χ3v) is 6.28. The molecule has 1 amide bonds. The first-order valence-corrected chi connectivity index (χ1v) is 12.2. The maximum Gasteiger partial charge on any atom is 0.250 e. The van der Waals surface area contributed by atoms with Crippen LogP contribution in [0.15, 0.2) is 87.5 Å². The molecule has 0 aliphatic heterocycles. The monoisotopic (exact) mass is 535 g/mol. The van der Waals surface area contributed by atoms with Crippen LogP contribution in [0.2, 0.25) is 0 Å². The summed E-state index contributed by atoms with van der Waals surface area (Å²) in [5.74, 6) is 1.35. The van der Waals surface area contributed by atoms with Gasteiger partial charge in [-0.2, -0.15) is 5.10 Å². The molecule has 0 atom stereocenters. The quantitative estimate of drug-likeness (QED) is 0.189. The number of ether oxygens (including phenoxy) is 1. The number of hydrogen-bond acceptors (Lipinski definition) is 6. The summed E-state index contributed by atoms with van der Waals surface area (Å²) in [7, 11) is 1.63. The number of hydrazone groups is 1. The number of carbonyl (C=O) groups excluding carboxylic acids is 1. The molecule has 4 aromatic rings. The molecule has 0 unspecified atom stereocenters. The molecule has 0 bridgehead atoms. The van der Waals surface area contributed by atoms with E-state index in [2.05, 4.69) is 36.7 Å². The number of aryl methyl sites for hydroxylation is 1. The summed E-state index contributed by atoms with van der Waals surface area (Å²) in [6, 6.07) is 23.4. The predicted molar refractivity (Wildman–Crippen MR) is 139 cm³/mol. The third-order valence-electron chi connectivity index (χ3n) is 4.86. The van der Waals surface area contributed by atoms with Crippen molar-refractivity contribution >= 4 is 39.8 Å². The Morgan fingerprint density at radius 1 is 1.12 bits per heavy atom. The van der Waals surface area contributed by atoms with Crippen molar-refractivity contribution in [3.8, 4) is 22.8 Å². The maximum absolute atomic E-state index is 12.4. The SMILES string of the molecule is COc1ccc(-c2nnc(SCC(=O)N/N=C/c3cccc(Br)c3)n2-c2ccc(C)cc2)cc1. The molecule has 34 heavy (non-hydrogen) atoms. The first kappa shape index (κ1) is 23.7. The lowest BCUT2D eigenvalue weighted by molar-refractivity contribution is -0.118. The zero-order chi connectivity index (χ0) is 23.9. The Morgan fingerprint density at radius 2 is 1.88 bits per heavy atom. The Balaban J connectivity index is 1.52. The molecule has 0 saturated heterocycles. The Labute approximate surface area is 210 Å². The summed E-state index contributed by atoms with van der Waals surface area (Å²) in [6.45, 7) is 2.04. The van der Waals surface area contributed by atoms with Crippen LogP contribution in [0.5, 0.6) is 5.75 Å². The first-order chi connectivity index (χ1) is 16.5. The number of aromatic nitrogens is 3. The number of carbonyl (C=O) groups is 1. The smallest absolute Gasteiger partial charge is 0.250 e. The molecule has 3 aromatic carbocycles. The molecule has 172 valence electrons. The van der Waals surface area contributed by atoms with Gasteiger partial charge in [0.25, 0.3) is 5.91 Å². The minimum Gasteiger partial charge on any atom is -0.497 e. The van der Waals surface area contributed by atoms with E-state index in [9.17, 15) is 4.79 Å². The van der Waals surface area contributed by atoms with Crippen LogP contribution in [0.25, 0.3) is 17.1 Å². The van der Waals surface area contributed by atoms with E-state index in [0.29, 0.717) is 11.0 Å². The van der Waals surface area contributed by atoms with Gasteiger partial charge in [-0.05, 0) is 61.0 Å². The van der Waals surface area contributed by atoms with Crippen molar-refractivity contribution in [1.29, 1.82) is 0 Å². The lowest BCUT2D eigenvalue weighted by atomic mass is 10.2. The van der Waals surface area contributed by atoms with Gasteiger partial charge in [0, 0.05) is 15.7 Å². The standard InChI is InChI=1S/C25H22BrN5O2S/c1-17-6-10-21(11-7-17)31-24(19-8-12-22(33-2)13-9-19)29-30-25(31)34-16-23(32)28-27-15-18-4-3-5-20(26)14-18/h3-15H,16H2,1-2H3,(H,28,32)/b27-15+. The number of nitrogens with one attached hydrogen (secondary N) is 1. The molecule has 4 rings (SSSR count). The first-order valence-electron chi connectivity index (χ1n) is 10.4. The number of rotatable bonds is 8. The summed E-state index contributed by atoms with van der Waals surface area (Å²) in [5, 5.41) is 13.4. The fourth-order valence-corrected chi connectivity index (χ4v) is 4.31. The van der Waals surface area contributed by atoms with Crippen molar-refractivity contribution in [2.75, 3.05) is 12.9 Å². The van der Waals surface area contributed by atoms with E-state index in [1.54, 1.807) is 13.3 Å². The van der Waals surface area contributed by atoms with Crippen LogP contribution < -0.4 is 10.2 Å². The number of amides is 1. The highest BCUT2D eigenvalue weighted by molar-refractivity contribution is 9.10. The fraction of sp³-hybridized carbons (Fsp3) is 0.120. The molecule has 1 aromatic heterocycles. The van der Waals surface area contributed by atoms with Crippen LogP contribution in [0.1, 0.15) is 11.1 Å². The average molecular weight is 536 g/mol. The Kier molecular flexibility index (Phi) is 7.76. The maximum atomic E-state index is 12.4. The summed E-state index contributed by atoms with van der Waals surface area (Å²) in [4.78, 5) is 12.4. The van der Waals surface area contributed by atoms with Crippen LogP contribution in [-0.4, -0.2) is 39.7 Å². The highest BCUT2D eigenvalue weighted by Crippen LogP contribution is 2.29. The van der Waals surface area contributed by atoms with E-state index in [1.165, 1.54) is 11.8 Å². The molecular formula is C25H22BrN5O2S. The van der Waals surface area contributed by atoms with Gasteiger partial charge in [-0.1, -0.05) is 57.5 Å². The molecule has 0 fully saturated rings. The van der Waals surface area contributed by atoms with Crippen molar-refractivity contribution in [3.63, 3.8) is 0 Å². The second-order valence-corrected chi connectivity index (χ2v) is 9.20. The molecular weight excluding hydrogens is 514 g/mol. The zero-order valence-electron chi connectivity index (χ0n) is 18.6. The fourth-order valence-electron chi connectivity index (χ4n) is 3.15. The molecule has 0 radical (unpaired) electrons. The number of halogens is 1. The lowest BCUT2D eigenvalue weighted by Gasteiger charge is -2.11. The second-order valence-electron chi connectivity index (χ2n) is 7.34. The molecule has 0 spiro atoms. The summed E-state index contributed by atoms with van der Waals surface area (Å²) in [5.41, 5.74) is 6.40. The summed E-state index contributed by atoms with van der Waals surface area (Å²) >= 11 is 4.71. The summed E-state index contributed by atoms with van der Waals surface area (Å²) in [6.07, 6.45) is 1.60. The number of nitrogens with zero attached hydrogens (tertiary/aromatic N) is 4. The number of benzene rings is 3. The van der Waals surface area contributed by atoms with Crippen molar-refractivity contribution in [2.24, 2.45) is 5.10 Å². The average Bonchev–Trinajstić information content (AvgIpc) is 3.27. The third kappa shape index (κ3) is 5.92. The van der Waals surface area contributed by atoms with E-state index in [-0.39, 0.29) is 11.7 Å². The van der Waals surface area contributed by atoms with Crippen LogP contribution in [0, 0.1) is 6.92 Å². The van der Waals surface area contributed by atoms with Gasteiger partial charge in [0.05, 0.1) is 19.1 Å². The minimum atomic E-state index is -0.235. The van der Waals surface area contributed by atoms with Crippen molar-refractivity contribution in [1.82, 2.24) is 20.2 Å². The van der Waals surface area contributed by atoms with Crippen LogP contribution in [0.4, 0.5) is 0 Å². The Hall–Kier alpha value is -3.43. The van der Waals surface area contributed by atoms with Gasteiger partial charge in [0.1, 0.15) is 5.75 Å². The highest BCUT2D eigenvalue weighted by Gasteiger charge is 2.17. The Morgan fingerprint density at radius 3 is 2.59 bits per heavy atom. The molecule has 9 heteroatoms. The zero-order valence-corrected chi connectivity index (χ0v) is 21.0. The molecule has 1 heterocycles. The number of hydrogen-bond donors (Lipinski definition) is 1. The predicted octanol–water partition coefficient (Wildman–Crippen LogP) is 5.26. The van der Waals surface area contributed by atoms with Gasteiger partial charge in [-0.3, -0.25) is 9.36 Å². The van der Waals surface area contributed by atoms with Gasteiger partial charge in [-0.15, -0.1) is 10.2 Å². The normalized spacial score (nSPS) is 11.0. The van der Waals surface area contributed by atoms with Crippen molar-refractivity contribution in [3.05, 3.63) is 88.4 Å². The lowest BCUT2D eigenvalue weighted by Crippen LogP contribution is -2.20. The van der Waals surface area contributed by atoms with Crippen LogP contribution >= 0.6 is 27.7 Å². The molecule has 0 aliphatic carbocycles. The van der Waals surface area contributed by atoms with E-state index in [0.717, 1.165) is 32.6 Å². The summed E-state index contributed by atoms with van der Waals surface area (Å²) < 4.78 is 8.16. The minimum absolute atomic E-state index is 0.141. The number of thioether (sulfide) groups is 1. The van der Waals surface area contributed by atoms with E-state index >= 15 is 0 Å². The van der Waals surface area contributed by atoms with Gasteiger partial charge in [-0.25, -0.2) is 5.43 Å². The van der Waals surface area contributed by atoms with Gasteiger partial charge in [0.15, 0.2) is 11.0 Å².